The van der Waals surface area contributed by atoms with Gasteiger partial charge in [0.2, 0.25) is 5.91 Å². The van der Waals surface area contributed by atoms with E-state index in [0.717, 1.165) is 11.3 Å². The summed E-state index contributed by atoms with van der Waals surface area (Å²) in [5.74, 6) is -0.265. The summed E-state index contributed by atoms with van der Waals surface area (Å²) in [5, 5.41) is 2.81. The minimum absolute atomic E-state index is 0.216. The molecule has 0 atom stereocenters. The van der Waals surface area contributed by atoms with Crippen LogP contribution < -0.4 is 5.32 Å². The number of nitrogens with zero attached hydrogens (tertiary/aromatic N) is 1. The van der Waals surface area contributed by atoms with Crippen LogP contribution in [0.5, 0.6) is 0 Å². The molecule has 0 aromatic carbocycles. The van der Waals surface area contributed by atoms with Crippen LogP contribution in [-0.2, 0) is 14.6 Å². The minimum Gasteiger partial charge on any atom is -0.302 e. The fourth-order valence-electron chi connectivity index (χ4n) is 1.11. The second-order valence-electron chi connectivity index (χ2n) is 4.69. The summed E-state index contributed by atoms with van der Waals surface area (Å²) < 4.78 is 23.8. The monoisotopic (exact) mass is 276 g/mol. The molecule has 7 heteroatoms. The van der Waals surface area contributed by atoms with Crippen molar-refractivity contribution in [3.8, 4) is 0 Å². The first-order chi connectivity index (χ1) is 7.55. The number of sulfone groups is 1. The maximum atomic E-state index is 12.2. The quantitative estimate of drug-likeness (QED) is 0.896. The second kappa shape index (κ2) is 4.38. The van der Waals surface area contributed by atoms with Crippen LogP contribution in [0, 0.1) is 6.92 Å². The summed E-state index contributed by atoms with van der Waals surface area (Å²) in [5.41, 5.74) is 0.425. The summed E-state index contributed by atoms with van der Waals surface area (Å²) >= 11 is 0.991. The molecular weight excluding hydrogens is 260 g/mol. The minimum atomic E-state index is -3.42. The average molecular weight is 276 g/mol. The van der Waals surface area contributed by atoms with Gasteiger partial charge in [0.25, 0.3) is 0 Å². The first-order valence-corrected chi connectivity index (χ1v) is 7.35. The molecule has 0 unspecified atom stereocenters. The molecule has 0 saturated carbocycles. The molecule has 0 bridgehead atoms. The highest BCUT2D eigenvalue weighted by atomic mass is 32.2. The number of carbonyl (C=O) groups is 1. The van der Waals surface area contributed by atoms with Crippen LogP contribution in [-0.4, -0.2) is 24.1 Å². The van der Waals surface area contributed by atoms with Crippen LogP contribution in [0.2, 0.25) is 0 Å². The highest BCUT2D eigenvalue weighted by Gasteiger charge is 2.34. The molecule has 0 aliphatic carbocycles. The van der Waals surface area contributed by atoms with Gasteiger partial charge in [-0.1, -0.05) is 11.3 Å². The van der Waals surface area contributed by atoms with E-state index in [4.69, 9.17) is 0 Å². The number of anilines is 1. The van der Waals surface area contributed by atoms with Crippen LogP contribution >= 0.6 is 11.3 Å². The molecule has 0 fully saturated rings. The molecule has 0 saturated heterocycles. The van der Waals surface area contributed by atoms with Crippen LogP contribution in [0.15, 0.2) is 4.21 Å². The lowest BCUT2D eigenvalue weighted by Crippen LogP contribution is -2.27. The van der Waals surface area contributed by atoms with E-state index in [9.17, 15) is 13.2 Å². The third-order valence-electron chi connectivity index (χ3n) is 2.09. The third-order valence-corrected chi connectivity index (χ3v) is 6.26. The highest BCUT2D eigenvalue weighted by Crippen LogP contribution is 2.33. The molecule has 1 N–H and O–H groups in total. The molecule has 5 nitrogen and oxygen atoms in total. The largest absolute Gasteiger partial charge is 0.302 e. The van der Waals surface area contributed by atoms with Crippen molar-refractivity contribution in [2.45, 2.75) is 43.6 Å². The van der Waals surface area contributed by atoms with E-state index in [1.54, 1.807) is 27.7 Å². The van der Waals surface area contributed by atoms with Crippen molar-refractivity contribution in [2.75, 3.05) is 5.32 Å². The van der Waals surface area contributed by atoms with Gasteiger partial charge in [-0.05, 0) is 27.7 Å². The zero-order chi connectivity index (χ0) is 13.4. The standard InChI is InChI=1S/C10H16N2O3S2/c1-6-8(17(14,15)10(3,4)5)16-9(11-6)12-7(2)13/h1-5H3,(H,11,12,13). The van der Waals surface area contributed by atoms with Gasteiger partial charge in [0.15, 0.2) is 15.0 Å². The number of thiazole rings is 1. The molecule has 0 spiro atoms. The number of carbonyl (C=O) groups excluding carboxylic acids is 1. The van der Waals surface area contributed by atoms with Gasteiger partial charge >= 0.3 is 0 Å². The van der Waals surface area contributed by atoms with E-state index >= 15 is 0 Å². The van der Waals surface area contributed by atoms with E-state index in [0.29, 0.717) is 10.8 Å². The van der Waals surface area contributed by atoms with Gasteiger partial charge in [-0.2, -0.15) is 0 Å². The lowest BCUT2D eigenvalue weighted by molar-refractivity contribution is -0.114. The average Bonchev–Trinajstić information content (AvgIpc) is 2.43. The van der Waals surface area contributed by atoms with E-state index < -0.39 is 14.6 Å². The Kier molecular flexibility index (Phi) is 3.63. The van der Waals surface area contributed by atoms with Crippen LogP contribution in [0.4, 0.5) is 5.13 Å². The number of hydrogen-bond donors (Lipinski definition) is 1. The topological polar surface area (TPSA) is 76.1 Å². The summed E-state index contributed by atoms with van der Waals surface area (Å²) in [7, 11) is -3.42. The Morgan fingerprint density at radius 2 is 1.88 bits per heavy atom. The Morgan fingerprint density at radius 1 is 1.35 bits per heavy atom. The number of amides is 1. The van der Waals surface area contributed by atoms with Gasteiger partial charge in [-0.15, -0.1) is 0 Å². The van der Waals surface area contributed by atoms with E-state index in [1.807, 2.05) is 0 Å². The fourth-order valence-corrected chi connectivity index (χ4v) is 4.28. The van der Waals surface area contributed by atoms with Crippen molar-refractivity contribution in [1.29, 1.82) is 0 Å². The smallest absolute Gasteiger partial charge is 0.223 e. The Labute approximate surface area is 105 Å². The molecule has 0 radical (unpaired) electrons. The molecule has 1 heterocycles. The van der Waals surface area contributed by atoms with Gasteiger partial charge in [0.1, 0.15) is 4.21 Å². The van der Waals surface area contributed by atoms with Crippen LogP contribution in [0.3, 0.4) is 0 Å². The Hall–Kier alpha value is -0.950. The maximum Gasteiger partial charge on any atom is 0.223 e. The first kappa shape index (κ1) is 14.1. The lowest BCUT2D eigenvalue weighted by atomic mass is 10.3. The molecule has 96 valence electrons. The number of rotatable bonds is 2. The predicted molar refractivity (Wildman–Crippen MR) is 68.1 cm³/mol. The summed E-state index contributed by atoms with van der Waals surface area (Å²) in [6.45, 7) is 7.90. The normalized spacial score (nSPS) is 12.5. The first-order valence-electron chi connectivity index (χ1n) is 5.05. The highest BCUT2D eigenvalue weighted by molar-refractivity contribution is 7.94. The number of hydrogen-bond acceptors (Lipinski definition) is 5. The van der Waals surface area contributed by atoms with Gasteiger partial charge < -0.3 is 5.32 Å². The van der Waals surface area contributed by atoms with Crippen LogP contribution in [0.25, 0.3) is 0 Å². The molecule has 1 aromatic heterocycles. The molecule has 1 aromatic rings. The van der Waals surface area contributed by atoms with Gasteiger partial charge in [0.05, 0.1) is 10.4 Å². The molecule has 1 amide bonds. The van der Waals surface area contributed by atoms with Crippen LogP contribution in [0.1, 0.15) is 33.4 Å². The molecule has 0 aliphatic heterocycles. The molecule has 17 heavy (non-hydrogen) atoms. The van der Waals surface area contributed by atoms with Crippen molar-refractivity contribution in [3.63, 3.8) is 0 Å². The Bertz CT molecular complexity index is 538. The summed E-state index contributed by atoms with van der Waals surface area (Å²) in [4.78, 5) is 14.9. The van der Waals surface area contributed by atoms with Gasteiger partial charge in [0, 0.05) is 6.92 Å². The summed E-state index contributed by atoms with van der Waals surface area (Å²) in [6, 6.07) is 0. The van der Waals surface area contributed by atoms with Gasteiger partial charge in [-0.25, -0.2) is 13.4 Å². The maximum absolute atomic E-state index is 12.2. The second-order valence-corrected chi connectivity index (χ2v) is 8.59. The van der Waals surface area contributed by atoms with E-state index in [1.165, 1.54) is 6.92 Å². The van der Waals surface area contributed by atoms with E-state index in [2.05, 4.69) is 10.3 Å². The molecule has 1 rings (SSSR count). The lowest BCUT2D eigenvalue weighted by Gasteiger charge is -2.17. The Morgan fingerprint density at radius 3 is 2.29 bits per heavy atom. The van der Waals surface area contributed by atoms with E-state index in [-0.39, 0.29) is 10.1 Å². The predicted octanol–water partition coefficient (Wildman–Crippen LogP) is 1.98. The number of aryl methyl sites for hydroxylation is 1. The third kappa shape index (κ3) is 2.84. The molecular formula is C10H16N2O3S2. The number of aromatic nitrogens is 1. The zero-order valence-electron chi connectivity index (χ0n) is 10.5. The zero-order valence-corrected chi connectivity index (χ0v) is 12.1. The summed E-state index contributed by atoms with van der Waals surface area (Å²) in [6.07, 6.45) is 0. The van der Waals surface area contributed by atoms with Gasteiger partial charge in [-0.3, -0.25) is 4.79 Å². The number of nitrogens with one attached hydrogen (secondary N) is 1. The van der Waals surface area contributed by atoms with Crippen molar-refractivity contribution in [2.24, 2.45) is 0 Å². The Balaban J connectivity index is 3.25. The van der Waals surface area contributed by atoms with Crippen molar-refractivity contribution in [3.05, 3.63) is 5.69 Å². The SMILES string of the molecule is CC(=O)Nc1nc(C)c(S(=O)(=O)C(C)(C)C)s1. The molecule has 0 aliphatic rings. The fraction of sp³-hybridized carbons (Fsp3) is 0.600. The van der Waals surface area contributed by atoms with Crippen molar-refractivity contribution in [1.82, 2.24) is 4.98 Å². The van der Waals surface area contributed by atoms with Crippen molar-refractivity contribution >= 4 is 32.2 Å². The van der Waals surface area contributed by atoms with Crippen molar-refractivity contribution < 1.29 is 13.2 Å².